The first-order chi connectivity index (χ1) is 14.1. The molecule has 0 bridgehead atoms. The molecule has 0 unspecified atom stereocenters. The van der Waals surface area contributed by atoms with Gasteiger partial charge in [-0.25, -0.2) is 14.4 Å². The molecule has 0 aliphatic heterocycles. The third-order valence-electron chi connectivity index (χ3n) is 4.52. The molecule has 0 aliphatic carbocycles. The summed E-state index contributed by atoms with van der Waals surface area (Å²) in [4.78, 5) is 34.0. The van der Waals surface area contributed by atoms with Crippen molar-refractivity contribution in [3.05, 3.63) is 88.6 Å². The van der Waals surface area contributed by atoms with Crippen LogP contribution in [0.1, 0.15) is 17.3 Å². The van der Waals surface area contributed by atoms with Gasteiger partial charge in [-0.2, -0.15) is 0 Å². The van der Waals surface area contributed by atoms with Crippen LogP contribution in [0.5, 0.6) is 0 Å². The van der Waals surface area contributed by atoms with Gasteiger partial charge in [0.05, 0.1) is 0 Å². The summed E-state index contributed by atoms with van der Waals surface area (Å²) in [6.45, 7) is 2.34. The topological polar surface area (TPSA) is 76.9 Å². The number of hydrogen-bond donors (Lipinski definition) is 1. The number of anilines is 1. The zero-order chi connectivity index (χ0) is 20.4. The predicted octanol–water partition coefficient (Wildman–Crippen LogP) is 3.87. The molecule has 2 heterocycles. The minimum absolute atomic E-state index is 0.240. The molecule has 0 fully saturated rings. The molecule has 144 valence electrons. The number of aryl methyl sites for hydroxylation is 1. The van der Waals surface area contributed by atoms with Crippen LogP contribution in [-0.4, -0.2) is 20.4 Å². The number of nitrogens with one attached hydrogen (secondary N) is 1. The van der Waals surface area contributed by atoms with Gasteiger partial charge >= 0.3 is 0 Å². The number of hydrogen-bond acceptors (Lipinski definition) is 4. The molecule has 7 heteroatoms. The summed E-state index contributed by atoms with van der Waals surface area (Å²) in [6, 6.07) is 15.8. The predicted molar refractivity (Wildman–Crippen MR) is 109 cm³/mol. The molecular weight excluding hydrogens is 371 g/mol. The normalized spacial score (nSPS) is 10.8. The van der Waals surface area contributed by atoms with E-state index in [1.807, 2.05) is 6.92 Å². The highest BCUT2D eigenvalue weighted by Gasteiger charge is 2.14. The maximum atomic E-state index is 13.3. The highest BCUT2D eigenvalue weighted by atomic mass is 19.1. The molecule has 29 heavy (non-hydrogen) atoms. The highest BCUT2D eigenvalue weighted by Crippen LogP contribution is 2.18. The van der Waals surface area contributed by atoms with Crippen LogP contribution in [0.3, 0.4) is 0 Å². The Labute approximate surface area is 165 Å². The van der Waals surface area contributed by atoms with Crippen molar-refractivity contribution in [2.45, 2.75) is 13.5 Å². The number of halogens is 1. The lowest BCUT2D eigenvalue weighted by atomic mass is 10.1. The van der Waals surface area contributed by atoms with E-state index in [0.29, 0.717) is 40.2 Å². The van der Waals surface area contributed by atoms with Crippen molar-refractivity contribution in [3.8, 4) is 11.3 Å². The SMILES string of the molecule is CCn1c(=O)c(-c2ccc(C(=O)Nc3cccc(F)c3)cc2)nc2cccnc21. The molecule has 0 saturated heterocycles. The molecule has 2 aromatic carbocycles. The zero-order valence-electron chi connectivity index (χ0n) is 15.6. The van der Waals surface area contributed by atoms with Crippen LogP contribution < -0.4 is 10.9 Å². The Hall–Kier alpha value is -3.87. The van der Waals surface area contributed by atoms with Gasteiger partial charge in [-0.1, -0.05) is 18.2 Å². The maximum absolute atomic E-state index is 13.3. The van der Waals surface area contributed by atoms with E-state index in [4.69, 9.17) is 0 Å². The van der Waals surface area contributed by atoms with Gasteiger partial charge in [0.25, 0.3) is 11.5 Å². The number of nitrogens with zero attached hydrogens (tertiary/aromatic N) is 3. The minimum Gasteiger partial charge on any atom is -0.322 e. The van der Waals surface area contributed by atoms with E-state index in [9.17, 15) is 14.0 Å². The molecule has 0 saturated carbocycles. The molecule has 1 N–H and O–H groups in total. The third kappa shape index (κ3) is 3.62. The maximum Gasteiger partial charge on any atom is 0.278 e. The summed E-state index contributed by atoms with van der Waals surface area (Å²) in [5.41, 5.74) is 2.57. The molecule has 0 aliphatic rings. The fraction of sp³-hybridized carbons (Fsp3) is 0.0909. The van der Waals surface area contributed by atoms with E-state index in [-0.39, 0.29) is 11.5 Å². The van der Waals surface area contributed by atoms with E-state index in [2.05, 4.69) is 15.3 Å². The van der Waals surface area contributed by atoms with Crippen LogP contribution >= 0.6 is 0 Å². The number of pyridine rings is 1. The fourth-order valence-electron chi connectivity index (χ4n) is 3.11. The molecular formula is C22H17FN4O2. The lowest BCUT2D eigenvalue weighted by Crippen LogP contribution is -2.23. The highest BCUT2D eigenvalue weighted by molar-refractivity contribution is 6.04. The summed E-state index contributed by atoms with van der Waals surface area (Å²) in [5, 5.41) is 2.64. The first-order valence-electron chi connectivity index (χ1n) is 9.09. The molecule has 6 nitrogen and oxygen atoms in total. The molecule has 0 atom stereocenters. The molecule has 0 radical (unpaired) electrons. The number of fused-ring (bicyclic) bond motifs is 1. The molecule has 4 aromatic rings. The first kappa shape index (κ1) is 18.5. The molecule has 2 aromatic heterocycles. The minimum atomic E-state index is -0.429. The Morgan fingerprint density at radius 2 is 1.90 bits per heavy atom. The van der Waals surface area contributed by atoms with Crippen LogP contribution in [0.2, 0.25) is 0 Å². The van der Waals surface area contributed by atoms with Gasteiger partial charge in [0.2, 0.25) is 0 Å². The Morgan fingerprint density at radius 3 is 2.62 bits per heavy atom. The molecule has 4 rings (SSSR count). The van der Waals surface area contributed by atoms with Crippen LogP contribution in [0.25, 0.3) is 22.4 Å². The lowest BCUT2D eigenvalue weighted by Gasteiger charge is -2.10. The molecule has 0 spiro atoms. The standard InChI is InChI=1S/C22H17FN4O2/c1-2-27-20-18(7-4-12-24-20)26-19(22(27)29)14-8-10-15(11-9-14)21(28)25-17-6-3-5-16(23)13-17/h3-13H,2H2,1H3,(H,25,28). The third-order valence-corrected chi connectivity index (χ3v) is 4.52. The van der Waals surface area contributed by atoms with Crippen LogP contribution in [0.4, 0.5) is 10.1 Å². The Kier molecular flexibility index (Phi) is 4.87. The largest absolute Gasteiger partial charge is 0.322 e. The van der Waals surface area contributed by atoms with Gasteiger partial charge in [0, 0.05) is 29.6 Å². The zero-order valence-corrected chi connectivity index (χ0v) is 15.6. The average Bonchev–Trinajstić information content (AvgIpc) is 2.73. The van der Waals surface area contributed by atoms with Crippen molar-refractivity contribution < 1.29 is 9.18 Å². The van der Waals surface area contributed by atoms with Gasteiger partial charge < -0.3 is 5.32 Å². The molecule has 1 amide bonds. The van der Waals surface area contributed by atoms with Gasteiger partial charge in [0.1, 0.15) is 17.0 Å². The van der Waals surface area contributed by atoms with Crippen molar-refractivity contribution >= 4 is 22.8 Å². The summed E-state index contributed by atoms with van der Waals surface area (Å²) in [7, 11) is 0. The second-order valence-electron chi connectivity index (χ2n) is 6.40. The second-order valence-corrected chi connectivity index (χ2v) is 6.40. The Balaban J connectivity index is 1.67. The quantitative estimate of drug-likeness (QED) is 0.576. The van der Waals surface area contributed by atoms with Crippen molar-refractivity contribution in [2.24, 2.45) is 0 Å². The number of benzene rings is 2. The Bertz CT molecular complexity index is 1270. The second kappa shape index (κ2) is 7.63. The number of amides is 1. The fourth-order valence-corrected chi connectivity index (χ4v) is 3.11. The smallest absolute Gasteiger partial charge is 0.278 e. The summed E-state index contributed by atoms with van der Waals surface area (Å²) >= 11 is 0. The number of rotatable bonds is 4. The number of aromatic nitrogens is 3. The van der Waals surface area contributed by atoms with E-state index >= 15 is 0 Å². The number of carbonyl (C=O) groups excluding carboxylic acids is 1. The van der Waals surface area contributed by atoms with Crippen LogP contribution in [-0.2, 0) is 6.54 Å². The van der Waals surface area contributed by atoms with Crippen molar-refractivity contribution in [1.29, 1.82) is 0 Å². The lowest BCUT2D eigenvalue weighted by molar-refractivity contribution is 0.102. The van der Waals surface area contributed by atoms with Crippen molar-refractivity contribution in [3.63, 3.8) is 0 Å². The van der Waals surface area contributed by atoms with Gasteiger partial charge in [-0.05, 0) is 49.4 Å². The van der Waals surface area contributed by atoms with E-state index in [0.717, 1.165) is 0 Å². The summed E-state index contributed by atoms with van der Waals surface area (Å²) < 4.78 is 14.8. The van der Waals surface area contributed by atoms with Gasteiger partial charge in [0.15, 0.2) is 5.65 Å². The summed E-state index contributed by atoms with van der Waals surface area (Å²) in [6.07, 6.45) is 1.63. The van der Waals surface area contributed by atoms with Crippen LogP contribution in [0, 0.1) is 5.82 Å². The van der Waals surface area contributed by atoms with Crippen molar-refractivity contribution in [1.82, 2.24) is 14.5 Å². The Morgan fingerprint density at radius 1 is 1.10 bits per heavy atom. The monoisotopic (exact) mass is 388 g/mol. The number of carbonyl (C=O) groups is 1. The average molecular weight is 388 g/mol. The van der Waals surface area contributed by atoms with E-state index in [1.54, 1.807) is 53.2 Å². The summed E-state index contributed by atoms with van der Waals surface area (Å²) in [5.74, 6) is -0.800. The van der Waals surface area contributed by atoms with E-state index < -0.39 is 5.82 Å². The van der Waals surface area contributed by atoms with Crippen molar-refractivity contribution in [2.75, 3.05) is 5.32 Å². The van der Waals surface area contributed by atoms with Gasteiger partial charge in [-0.3, -0.25) is 14.2 Å². The first-order valence-corrected chi connectivity index (χ1v) is 9.09. The van der Waals surface area contributed by atoms with E-state index in [1.165, 1.54) is 18.2 Å². The van der Waals surface area contributed by atoms with Gasteiger partial charge in [-0.15, -0.1) is 0 Å². The van der Waals surface area contributed by atoms with Crippen LogP contribution in [0.15, 0.2) is 71.7 Å².